The topological polar surface area (TPSA) is 212 Å². The molecule has 0 aromatic rings. The molecule has 29 heavy (non-hydrogen) atoms. The van der Waals surface area contributed by atoms with Crippen LogP contribution in [-0.2, 0) is 10.4 Å². The average molecular weight is 441 g/mol. The van der Waals surface area contributed by atoms with E-state index in [0.717, 1.165) is 13.1 Å². The molecule has 0 unspecified atom stereocenters. The molecule has 0 atom stereocenters. The van der Waals surface area contributed by atoms with E-state index in [1.165, 1.54) is 77.0 Å². The summed E-state index contributed by atoms with van der Waals surface area (Å²) in [6.45, 7) is 6.28. The van der Waals surface area contributed by atoms with Gasteiger partial charge in [0.15, 0.2) is 0 Å². The molecule has 11 heteroatoms. The Bertz CT molecular complexity index is 453. The second-order valence-electron chi connectivity index (χ2n) is 6.71. The molecule has 176 valence electrons. The third-order valence-electron chi connectivity index (χ3n) is 3.72. The molecule has 0 aliphatic heterocycles. The van der Waals surface area contributed by atoms with Gasteiger partial charge in [0.05, 0.1) is 13.1 Å². The van der Waals surface area contributed by atoms with Crippen LogP contribution in [0, 0.1) is 0 Å². The van der Waals surface area contributed by atoms with Crippen molar-refractivity contribution in [1.29, 1.82) is 0 Å². The zero-order valence-electron chi connectivity index (χ0n) is 18.3. The van der Waals surface area contributed by atoms with Crippen molar-refractivity contribution >= 4 is 22.3 Å². The van der Waals surface area contributed by atoms with E-state index in [-0.39, 0.29) is 0 Å². The molecule has 0 aromatic carbocycles. The van der Waals surface area contributed by atoms with Crippen molar-refractivity contribution in [1.82, 2.24) is 0 Å². The van der Waals surface area contributed by atoms with Crippen molar-refractivity contribution in [2.24, 2.45) is 22.9 Å². The van der Waals surface area contributed by atoms with Crippen LogP contribution in [0.3, 0.4) is 0 Å². The van der Waals surface area contributed by atoms with Gasteiger partial charge < -0.3 is 9.11 Å². The first-order valence-electron chi connectivity index (χ1n) is 10.4. The molecule has 10 N–H and O–H groups in total. The lowest BCUT2D eigenvalue weighted by Gasteiger charge is -2.06. The summed E-state index contributed by atoms with van der Waals surface area (Å²) in [4.78, 5) is 5.82. The molecule has 0 aromatic heterocycles. The molecule has 0 saturated carbocycles. The first-order chi connectivity index (χ1) is 13.5. The van der Waals surface area contributed by atoms with Crippen molar-refractivity contribution in [3.63, 3.8) is 0 Å². The van der Waals surface area contributed by atoms with E-state index in [2.05, 4.69) is 23.8 Å². The molecular weight excluding hydrogens is 396 g/mol. The van der Waals surface area contributed by atoms with Gasteiger partial charge >= 0.3 is 11.9 Å². The van der Waals surface area contributed by atoms with Gasteiger partial charge in [-0.05, 0) is 12.8 Å². The largest absolute Gasteiger partial charge is 0.759 e. The van der Waals surface area contributed by atoms with Gasteiger partial charge in [0.2, 0.25) is 0 Å². The molecule has 0 radical (unpaired) electrons. The molecule has 0 saturated heterocycles. The van der Waals surface area contributed by atoms with E-state index in [0.29, 0.717) is 11.9 Å². The molecule has 0 aliphatic carbocycles. The third kappa shape index (κ3) is 58.4. The number of rotatable bonds is 14. The summed E-state index contributed by atoms with van der Waals surface area (Å²) in [6.07, 6.45) is 15.6. The van der Waals surface area contributed by atoms with Crippen molar-refractivity contribution in [2.45, 2.75) is 90.9 Å². The van der Waals surface area contributed by atoms with Crippen molar-refractivity contribution in [3.05, 3.63) is 0 Å². The highest BCUT2D eigenvalue weighted by Gasteiger charge is 1.91. The van der Waals surface area contributed by atoms with Crippen molar-refractivity contribution in [3.8, 4) is 0 Å². The smallest absolute Gasteiger partial charge is 0.338 e. The SMILES string of the molecule is CCCCCCCC[NH+]=C(N)N.CCCCCCCC[NH+]=C(N)N.O=S(=O)([O-])[O-]. The van der Waals surface area contributed by atoms with Gasteiger partial charge in [-0.1, -0.05) is 78.1 Å². The van der Waals surface area contributed by atoms with Crippen LogP contribution < -0.4 is 32.9 Å². The predicted octanol–water partition coefficient (Wildman–Crippen LogP) is -1.94. The van der Waals surface area contributed by atoms with Crippen LogP contribution in [0.25, 0.3) is 0 Å². The number of nitrogens with two attached hydrogens (primary N) is 4. The minimum atomic E-state index is -5.17. The molecule has 0 rings (SSSR count). The molecule has 0 spiro atoms. The quantitative estimate of drug-likeness (QED) is 0.0586. The lowest BCUT2D eigenvalue weighted by molar-refractivity contribution is -0.460. The fourth-order valence-corrected chi connectivity index (χ4v) is 2.28. The fourth-order valence-electron chi connectivity index (χ4n) is 2.28. The van der Waals surface area contributed by atoms with Gasteiger partial charge in [-0.25, -0.2) is 0 Å². The summed E-state index contributed by atoms with van der Waals surface area (Å²) in [5.74, 6) is 0.673. The highest BCUT2D eigenvalue weighted by molar-refractivity contribution is 7.79. The maximum Gasteiger partial charge on any atom is 0.338 e. The first-order valence-corrected chi connectivity index (χ1v) is 11.8. The molecule has 10 nitrogen and oxygen atoms in total. The lowest BCUT2D eigenvalue weighted by atomic mass is 10.1. The molecule has 0 heterocycles. The Kier molecular flexibility index (Phi) is 27.0. The van der Waals surface area contributed by atoms with Crippen LogP contribution in [-0.4, -0.2) is 42.5 Å². The minimum Gasteiger partial charge on any atom is -0.759 e. The van der Waals surface area contributed by atoms with E-state index in [9.17, 15) is 0 Å². The van der Waals surface area contributed by atoms with Crippen molar-refractivity contribution in [2.75, 3.05) is 13.1 Å². The number of hydrogen-bond acceptors (Lipinski definition) is 4. The Morgan fingerprint density at radius 3 is 1.10 bits per heavy atom. The standard InChI is InChI=1S/2C9H21N3.H2O4S/c2*1-2-3-4-5-6-7-8-12-9(10)11;1-5(2,3)4/h2*2-8H2,1H3,(H4,10,11,12);(H2,1,2,3,4). The maximum atomic E-state index is 8.52. The average Bonchev–Trinajstić information content (AvgIpc) is 2.59. The predicted molar refractivity (Wildman–Crippen MR) is 116 cm³/mol. The first kappa shape index (κ1) is 32.1. The molecule has 0 fully saturated rings. The molecule has 0 amide bonds. The van der Waals surface area contributed by atoms with Gasteiger partial charge in [0.25, 0.3) is 0 Å². The second kappa shape index (κ2) is 24.4. The van der Waals surface area contributed by atoms with Crippen LogP contribution >= 0.6 is 0 Å². The number of nitrogens with one attached hydrogen (secondary N) is 2. The van der Waals surface area contributed by atoms with E-state index in [1.807, 2.05) is 0 Å². The summed E-state index contributed by atoms with van der Waals surface area (Å²) in [5.41, 5.74) is 21.0. The van der Waals surface area contributed by atoms with Gasteiger partial charge in [-0.3, -0.25) is 41.3 Å². The summed E-state index contributed by atoms with van der Waals surface area (Å²) in [5, 5.41) is 0. The summed E-state index contributed by atoms with van der Waals surface area (Å²) in [7, 11) is -5.17. The normalized spacial score (nSPS) is 10.1. The minimum absolute atomic E-state index is 0.337. The van der Waals surface area contributed by atoms with Crippen LogP contribution in [0.4, 0.5) is 0 Å². The van der Waals surface area contributed by atoms with Crippen molar-refractivity contribution < 1.29 is 27.5 Å². The van der Waals surface area contributed by atoms with Gasteiger partial charge in [-0.2, -0.15) is 0 Å². The van der Waals surface area contributed by atoms with Crippen LogP contribution in [0.5, 0.6) is 0 Å². The second-order valence-corrected chi connectivity index (χ2v) is 7.52. The highest BCUT2D eigenvalue weighted by Crippen LogP contribution is 2.03. The van der Waals surface area contributed by atoms with Gasteiger partial charge in [-0.15, -0.1) is 0 Å². The summed E-state index contributed by atoms with van der Waals surface area (Å²) >= 11 is 0. The van der Waals surface area contributed by atoms with E-state index < -0.39 is 10.4 Å². The molecular formula is C18H44N6O4S. The monoisotopic (exact) mass is 440 g/mol. The Hall–Kier alpha value is -1.59. The summed E-state index contributed by atoms with van der Waals surface area (Å²) in [6, 6.07) is 0. The Balaban J connectivity index is -0.000000380. The van der Waals surface area contributed by atoms with E-state index >= 15 is 0 Å². The number of guanidine groups is 2. The number of unbranched alkanes of at least 4 members (excludes halogenated alkanes) is 10. The van der Waals surface area contributed by atoms with Crippen LogP contribution in [0.1, 0.15) is 90.9 Å². The van der Waals surface area contributed by atoms with E-state index in [4.69, 9.17) is 40.5 Å². The Labute approximate surface area is 177 Å². The third-order valence-corrected chi connectivity index (χ3v) is 3.72. The fraction of sp³-hybridized carbons (Fsp3) is 0.889. The Morgan fingerprint density at radius 1 is 0.621 bits per heavy atom. The Morgan fingerprint density at radius 2 is 0.862 bits per heavy atom. The zero-order valence-corrected chi connectivity index (χ0v) is 19.1. The molecule has 0 bridgehead atoms. The van der Waals surface area contributed by atoms with Gasteiger partial charge in [0, 0.05) is 10.4 Å². The summed E-state index contributed by atoms with van der Waals surface area (Å²) < 4.78 is 34.1. The lowest BCUT2D eigenvalue weighted by Crippen LogP contribution is -2.78. The maximum absolute atomic E-state index is 8.52. The zero-order chi connectivity index (χ0) is 23.0. The van der Waals surface area contributed by atoms with Gasteiger partial charge in [0.1, 0.15) is 0 Å². The van der Waals surface area contributed by atoms with Crippen LogP contribution in [0.15, 0.2) is 0 Å². The number of hydrogen-bond donors (Lipinski definition) is 6. The molecule has 0 aliphatic rings. The van der Waals surface area contributed by atoms with Crippen LogP contribution in [0.2, 0.25) is 0 Å². The van der Waals surface area contributed by atoms with E-state index in [1.54, 1.807) is 0 Å². The highest BCUT2D eigenvalue weighted by atomic mass is 32.3.